The van der Waals surface area contributed by atoms with Crippen LogP contribution in [0.1, 0.15) is 18.5 Å². The van der Waals surface area contributed by atoms with Gasteiger partial charge in [-0.2, -0.15) is 5.26 Å². The van der Waals surface area contributed by atoms with Gasteiger partial charge in [-0.3, -0.25) is 4.98 Å². The Morgan fingerprint density at radius 2 is 2.04 bits per heavy atom. The zero-order valence-corrected chi connectivity index (χ0v) is 13.3. The molecule has 0 radical (unpaired) electrons. The normalized spacial score (nSPS) is 19.9. The summed E-state index contributed by atoms with van der Waals surface area (Å²) in [6.07, 6.45) is 1.91. The molecule has 1 aromatic heterocycles. The van der Waals surface area contributed by atoms with E-state index in [1.54, 1.807) is 43.6 Å². The number of aliphatic imine (C=N–C) groups is 1. The van der Waals surface area contributed by atoms with Crippen LogP contribution in [0.25, 0.3) is 11.1 Å². The summed E-state index contributed by atoms with van der Waals surface area (Å²) in [5.41, 5.74) is 2.53. The molecule has 0 saturated heterocycles. The van der Waals surface area contributed by atoms with Crippen LogP contribution in [0.15, 0.2) is 53.8 Å². The highest BCUT2D eigenvalue weighted by molar-refractivity contribution is 6.04. The number of rotatable bonds is 2. The molecule has 0 spiro atoms. The predicted molar refractivity (Wildman–Crippen MR) is 89.9 cm³/mol. The second kappa shape index (κ2) is 6.53. The maximum Gasteiger partial charge on any atom is 0.416 e. The lowest BCUT2D eigenvalue weighted by molar-refractivity contribution is 0.129. The van der Waals surface area contributed by atoms with Gasteiger partial charge in [-0.15, -0.1) is 0 Å². The highest BCUT2D eigenvalue weighted by Gasteiger charge is 2.42. The summed E-state index contributed by atoms with van der Waals surface area (Å²) in [6.45, 7) is 1.56. The standard InChI is InChI=1S/C18H14N4O3/c1-11-15(9-19)16(22(18(24)25)17(23)21-11)13-5-2-4-12(8-13)14-6-3-7-20-10-14/h2-8,10,15-16H,1H3,(H,24,25). The zero-order valence-electron chi connectivity index (χ0n) is 13.3. The van der Waals surface area contributed by atoms with Gasteiger partial charge >= 0.3 is 12.1 Å². The number of urea groups is 1. The molecule has 1 aliphatic heterocycles. The summed E-state index contributed by atoms with van der Waals surface area (Å²) in [4.78, 5) is 32.0. The van der Waals surface area contributed by atoms with Crippen LogP contribution >= 0.6 is 0 Å². The fourth-order valence-electron chi connectivity index (χ4n) is 2.91. The van der Waals surface area contributed by atoms with Crippen LogP contribution in [0.2, 0.25) is 0 Å². The van der Waals surface area contributed by atoms with Crippen LogP contribution in [0.3, 0.4) is 0 Å². The van der Waals surface area contributed by atoms with Crippen molar-refractivity contribution in [1.29, 1.82) is 5.26 Å². The van der Waals surface area contributed by atoms with Gasteiger partial charge in [0.15, 0.2) is 0 Å². The minimum Gasteiger partial charge on any atom is -0.465 e. The Labute approximate surface area is 143 Å². The molecule has 7 heteroatoms. The zero-order chi connectivity index (χ0) is 18.0. The van der Waals surface area contributed by atoms with Gasteiger partial charge < -0.3 is 5.11 Å². The van der Waals surface area contributed by atoms with E-state index < -0.39 is 24.1 Å². The largest absolute Gasteiger partial charge is 0.465 e. The molecule has 1 aliphatic rings. The molecule has 3 amide bonds. The molecule has 7 nitrogen and oxygen atoms in total. The average molecular weight is 334 g/mol. The number of imide groups is 1. The number of carbonyl (C=O) groups excluding carboxylic acids is 1. The number of hydrogen-bond acceptors (Lipinski definition) is 4. The smallest absolute Gasteiger partial charge is 0.416 e. The Balaban J connectivity index is 2.12. The third-order valence-electron chi connectivity index (χ3n) is 4.09. The summed E-state index contributed by atoms with van der Waals surface area (Å²) in [6, 6.07) is 11.0. The van der Waals surface area contributed by atoms with Gasteiger partial charge in [0.25, 0.3) is 0 Å². The molecule has 2 atom stereocenters. The molecule has 0 bridgehead atoms. The Morgan fingerprint density at radius 1 is 1.28 bits per heavy atom. The quantitative estimate of drug-likeness (QED) is 0.904. The van der Waals surface area contributed by atoms with Crippen molar-refractivity contribution in [3.05, 3.63) is 54.4 Å². The number of pyridine rings is 1. The number of aromatic nitrogens is 1. The molecule has 2 heterocycles. The highest BCUT2D eigenvalue weighted by Crippen LogP contribution is 2.35. The van der Waals surface area contributed by atoms with E-state index in [1.807, 2.05) is 12.1 Å². The van der Waals surface area contributed by atoms with E-state index in [1.165, 1.54) is 0 Å². The van der Waals surface area contributed by atoms with E-state index in [9.17, 15) is 20.0 Å². The molecule has 1 aromatic carbocycles. The molecule has 1 N–H and O–H groups in total. The molecular weight excluding hydrogens is 320 g/mol. The highest BCUT2D eigenvalue weighted by atomic mass is 16.4. The first-order valence-corrected chi connectivity index (χ1v) is 7.54. The summed E-state index contributed by atoms with van der Waals surface area (Å²) in [5, 5.41) is 18.9. The van der Waals surface area contributed by atoms with Crippen LogP contribution in [-0.2, 0) is 0 Å². The molecule has 0 fully saturated rings. The van der Waals surface area contributed by atoms with Crippen LogP contribution in [0, 0.1) is 17.2 Å². The summed E-state index contributed by atoms with van der Waals surface area (Å²) in [5.74, 6) is -0.835. The number of benzene rings is 1. The minimum atomic E-state index is -1.43. The number of hydrogen-bond donors (Lipinski definition) is 1. The van der Waals surface area contributed by atoms with Crippen molar-refractivity contribution in [1.82, 2.24) is 9.88 Å². The first kappa shape index (κ1) is 16.3. The van der Waals surface area contributed by atoms with Crippen molar-refractivity contribution in [3.8, 4) is 17.2 Å². The van der Waals surface area contributed by atoms with Gasteiger partial charge in [0.2, 0.25) is 0 Å². The molecule has 0 saturated carbocycles. The summed E-state index contributed by atoms with van der Waals surface area (Å²) in [7, 11) is 0. The van der Waals surface area contributed by atoms with Crippen molar-refractivity contribution in [2.75, 3.05) is 0 Å². The van der Waals surface area contributed by atoms with E-state index in [0.29, 0.717) is 16.2 Å². The number of carboxylic acid groups (broad SMARTS) is 1. The van der Waals surface area contributed by atoms with E-state index in [4.69, 9.17) is 0 Å². The lowest BCUT2D eigenvalue weighted by atomic mass is 9.87. The second-order valence-corrected chi connectivity index (χ2v) is 5.61. The van der Waals surface area contributed by atoms with Crippen LogP contribution in [0.4, 0.5) is 9.59 Å². The molecule has 2 unspecified atom stereocenters. The topological polar surface area (TPSA) is 107 Å². The first-order valence-electron chi connectivity index (χ1n) is 7.54. The average Bonchev–Trinajstić information content (AvgIpc) is 2.61. The number of nitrogens with zero attached hydrogens (tertiary/aromatic N) is 4. The van der Waals surface area contributed by atoms with Crippen molar-refractivity contribution in [2.24, 2.45) is 10.9 Å². The number of carbonyl (C=O) groups is 2. The third kappa shape index (κ3) is 2.97. The van der Waals surface area contributed by atoms with Crippen molar-refractivity contribution in [2.45, 2.75) is 13.0 Å². The Morgan fingerprint density at radius 3 is 2.68 bits per heavy atom. The van der Waals surface area contributed by atoms with Crippen molar-refractivity contribution < 1.29 is 14.7 Å². The van der Waals surface area contributed by atoms with Gasteiger partial charge in [0, 0.05) is 18.1 Å². The molecule has 25 heavy (non-hydrogen) atoms. The van der Waals surface area contributed by atoms with E-state index >= 15 is 0 Å². The first-order chi connectivity index (χ1) is 12.0. The van der Waals surface area contributed by atoms with E-state index in [-0.39, 0.29) is 0 Å². The second-order valence-electron chi connectivity index (χ2n) is 5.61. The van der Waals surface area contributed by atoms with Crippen molar-refractivity contribution >= 4 is 17.8 Å². The van der Waals surface area contributed by atoms with Gasteiger partial charge in [-0.25, -0.2) is 19.5 Å². The molecule has 2 aromatic rings. The lowest BCUT2D eigenvalue weighted by Gasteiger charge is -2.33. The molecular formula is C18H14N4O3. The Hall–Kier alpha value is -3.53. The Bertz CT molecular complexity index is 902. The summed E-state index contributed by atoms with van der Waals surface area (Å²) >= 11 is 0. The minimum absolute atomic E-state index is 0.307. The fraction of sp³-hybridized carbons (Fsp3) is 0.167. The van der Waals surface area contributed by atoms with Crippen LogP contribution in [0.5, 0.6) is 0 Å². The van der Waals surface area contributed by atoms with Crippen molar-refractivity contribution in [3.63, 3.8) is 0 Å². The van der Waals surface area contributed by atoms with Crippen LogP contribution in [-0.4, -0.2) is 32.8 Å². The van der Waals surface area contributed by atoms with Gasteiger partial charge in [-0.05, 0) is 35.7 Å². The fourth-order valence-corrected chi connectivity index (χ4v) is 2.91. The molecule has 0 aliphatic carbocycles. The summed E-state index contributed by atoms with van der Waals surface area (Å²) < 4.78 is 0. The van der Waals surface area contributed by atoms with E-state index in [2.05, 4.69) is 16.0 Å². The number of amides is 3. The predicted octanol–water partition coefficient (Wildman–Crippen LogP) is 3.50. The van der Waals surface area contributed by atoms with Gasteiger partial charge in [-0.1, -0.05) is 24.3 Å². The van der Waals surface area contributed by atoms with Gasteiger partial charge in [0.05, 0.1) is 12.1 Å². The van der Waals surface area contributed by atoms with E-state index in [0.717, 1.165) is 11.1 Å². The lowest BCUT2D eigenvalue weighted by Crippen LogP contribution is -2.46. The van der Waals surface area contributed by atoms with Crippen LogP contribution < -0.4 is 0 Å². The third-order valence-corrected chi connectivity index (χ3v) is 4.09. The number of nitriles is 1. The monoisotopic (exact) mass is 334 g/mol. The molecule has 3 rings (SSSR count). The maximum atomic E-state index is 12.1. The maximum absolute atomic E-state index is 12.1. The Kier molecular flexibility index (Phi) is 4.27. The van der Waals surface area contributed by atoms with Gasteiger partial charge in [0.1, 0.15) is 5.92 Å². The molecule has 124 valence electrons. The SMILES string of the molecule is CC1=NC(=O)N(C(=O)O)C(c2cccc(-c3cccnc3)c2)C1C#N.